The van der Waals surface area contributed by atoms with E-state index in [9.17, 15) is 10.1 Å². The monoisotopic (exact) mass is 529 g/mol. The molecule has 0 fully saturated rings. The number of nitro groups is 1. The molecule has 0 saturated heterocycles. The highest BCUT2D eigenvalue weighted by molar-refractivity contribution is 6.10. The van der Waals surface area contributed by atoms with E-state index in [1.807, 2.05) is 12.1 Å². The summed E-state index contributed by atoms with van der Waals surface area (Å²) in [4.78, 5) is 11.8. The third-order valence-corrected chi connectivity index (χ3v) is 7.99. The molecule has 0 aliphatic carbocycles. The van der Waals surface area contributed by atoms with Crippen LogP contribution in [0, 0.1) is 10.1 Å². The average Bonchev–Trinajstić information content (AvgIpc) is 3.54. The Hall–Kier alpha value is -5.68. The fourth-order valence-corrected chi connectivity index (χ4v) is 6.29. The van der Waals surface area contributed by atoms with Gasteiger partial charge in [0, 0.05) is 39.0 Å². The largest absolute Gasteiger partial charge is 0.309 e. The Morgan fingerprint density at radius 3 is 1.24 bits per heavy atom. The van der Waals surface area contributed by atoms with Crippen molar-refractivity contribution in [2.24, 2.45) is 0 Å². The van der Waals surface area contributed by atoms with Gasteiger partial charge in [0.2, 0.25) is 0 Å². The summed E-state index contributed by atoms with van der Waals surface area (Å²) in [5.74, 6) is 0. The Morgan fingerprint density at radius 2 is 0.829 bits per heavy atom. The van der Waals surface area contributed by atoms with Gasteiger partial charge in [-0.3, -0.25) is 10.1 Å². The highest BCUT2D eigenvalue weighted by Gasteiger charge is 2.20. The quantitative estimate of drug-likeness (QED) is 0.168. The Kier molecular flexibility index (Phi) is 5.06. The van der Waals surface area contributed by atoms with Crippen molar-refractivity contribution in [2.75, 3.05) is 0 Å². The van der Waals surface area contributed by atoms with Crippen molar-refractivity contribution in [1.82, 2.24) is 9.13 Å². The molecule has 2 heterocycles. The lowest BCUT2D eigenvalue weighted by atomic mass is 10.0. The molecule has 0 amide bonds. The van der Waals surface area contributed by atoms with Gasteiger partial charge in [0.1, 0.15) is 0 Å². The van der Waals surface area contributed by atoms with E-state index in [1.54, 1.807) is 12.1 Å². The van der Waals surface area contributed by atoms with Crippen LogP contribution in [0.3, 0.4) is 0 Å². The van der Waals surface area contributed by atoms with Crippen LogP contribution >= 0.6 is 0 Å². The number of para-hydroxylation sites is 5. The Morgan fingerprint density at radius 1 is 0.463 bits per heavy atom. The van der Waals surface area contributed by atoms with Gasteiger partial charge in [-0.1, -0.05) is 84.9 Å². The normalized spacial score (nSPS) is 11.6. The minimum absolute atomic E-state index is 0.0834. The number of hydrogen-bond donors (Lipinski definition) is 0. The van der Waals surface area contributed by atoms with Crippen molar-refractivity contribution in [2.45, 2.75) is 0 Å². The molecule has 0 aliphatic heterocycles. The van der Waals surface area contributed by atoms with Gasteiger partial charge in [-0.05, 0) is 54.1 Å². The Balaban J connectivity index is 1.52. The van der Waals surface area contributed by atoms with E-state index in [2.05, 4.69) is 124 Å². The molecule has 5 nitrogen and oxygen atoms in total. The number of aromatic nitrogens is 2. The highest BCUT2D eigenvalue weighted by atomic mass is 16.6. The van der Waals surface area contributed by atoms with Gasteiger partial charge in [-0.15, -0.1) is 0 Å². The first-order valence-corrected chi connectivity index (χ1v) is 13.5. The van der Waals surface area contributed by atoms with Gasteiger partial charge < -0.3 is 9.13 Å². The lowest BCUT2D eigenvalue weighted by Crippen LogP contribution is -2.01. The molecule has 41 heavy (non-hydrogen) atoms. The van der Waals surface area contributed by atoms with Crippen molar-refractivity contribution in [1.29, 1.82) is 0 Å². The molecule has 0 bridgehead atoms. The van der Waals surface area contributed by atoms with Crippen LogP contribution < -0.4 is 0 Å². The summed E-state index contributed by atoms with van der Waals surface area (Å²) >= 11 is 0. The fraction of sp³-hybridized carbons (Fsp3) is 0. The second kappa shape index (κ2) is 8.93. The molecule has 194 valence electrons. The molecule has 0 saturated carbocycles. The Labute approximate surface area is 235 Å². The highest BCUT2D eigenvalue weighted by Crippen LogP contribution is 2.39. The smallest absolute Gasteiger partial charge is 0.277 e. The zero-order chi connectivity index (χ0) is 27.5. The first kappa shape index (κ1) is 23.2. The molecule has 0 spiro atoms. The number of nitrogens with zero attached hydrogens (tertiary/aromatic N) is 3. The third kappa shape index (κ3) is 3.49. The summed E-state index contributed by atoms with van der Waals surface area (Å²) in [5, 5.41) is 16.8. The molecular formula is C36H23N3O2. The van der Waals surface area contributed by atoms with E-state index < -0.39 is 0 Å². The molecule has 0 N–H and O–H groups in total. The van der Waals surface area contributed by atoms with Crippen LogP contribution in [0.1, 0.15) is 0 Å². The molecular weight excluding hydrogens is 506 g/mol. The van der Waals surface area contributed by atoms with Gasteiger partial charge in [0.25, 0.3) is 5.69 Å². The summed E-state index contributed by atoms with van der Waals surface area (Å²) in [5.41, 5.74) is 7.67. The molecule has 0 atom stereocenters. The molecule has 0 radical (unpaired) electrons. The molecule has 5 heteroatoms. The minimum atomic E-state index is -0.303. The SMILES string of the molecule is O=[N+]([O-])c1ccccc1-c1cc(-n2c3ccccc3c3ccccc32)cc(-n2c3ccccc3c3ccccc32)c1. The maximum atomic E-state index is 12.1. The minimum Gasteiger partial charge on any atom is -0.309 e. The summed E-state index contributed by atoms with van der Waals surface area (Å²) in [6.07, 6.45) is 0. The van der Waals surface area contributed by atoms with Crippen molar-refractivity contribution < 1.29 is 4.92 Å². The standard InChI is InChI=1S/C36H23N3O2/c40-39(41)36-20-10-1-11-27(36)24-21-25(37-32-16-6-2-12-28(32)29-13-3-7-17-33(29)37)23-26(22-24)38-34-18-8-4-14-30(34)31-15-5-9-19-35(31)38/h1-23H. The van der Waals surface area contributed by atoms with E-state index in [-0.39, 0.29) is 10.6 Å². The zero-order valence-corrected chi connectivity index (χ0v) is 21.9. The second-order valence-electron chi connectivity index (χ2n) is 10.3. The average molecular weight is 530 g/mol. The predicted octanol–water partition coefficient (Wildman–Crippen LogP) is 9.46. The lowest BCUT2D eigenvalue weighted by Gasteiger charge is -2.16. The maximum absolute atomic E-state index is 12.1. The van der Waals surface area contributed by atoms with Gasteiger partial charge in [-0.25, -0.2) is 0 Å². The van der Waals surface area contributed by atoms with E-state index >= 15 is 0 Å². The van der Waals surface area contributed by atoms with Crippen LogP contribution in [0.2, 0.25) is 0 Å². The van der Waals surface area contributed by atoms with Crippen molar-refractivity contribution in [3.63, 3.8) is 0 Å². The van der Waals surface area contributed by atoms with Crippen LogP contribution in [-0.2, 0) is 0 Å². The van der Waals surface area contributed by atoms with Crippen molar-refractivity contribution in [3.8, 4) is 22.5 Å². The molecule has 8 rings (SSSR count). The molecule has 6 aromatic carbocycles. The number of rotatable bonds is 4. The third-order valence-electron chi connectivity index (χ3n) is 7.99. The molecule has 0 aliphatic rings. The van der Waals surface area contributed by atoms with E-state index in [0.29, 0.717) is 5.56 Å². The van der Waals surface area contributed by atoms with Gasteiger partial charge in [0.05, 0.1) is 32.6 Å². The van der Waals surface area contributed by atoms with Crippen LogP contribution in [0.5, 0.6) is 0 Å². The number of nitro benzene ring substituents is 1. The van der Waals surface area contributed by atoms with E-state index in [4.69, 9.17) is 0 Å². The first-order chi connectivity index (χ1) is 20.2. The van der Waals surface area contributed by atoms with E-state index in [1.165, 1.54) is 0 Å². The van der Waals surface area contributed by atoms with Crippen molar-refractivity contribution in [3.05, 3.63) is 150 Å². The summed E-state index contributed by atoms with van der Waals surface area (Å²) in [6.45, 7) is 0. The summed E-state index contributed by atoms with van der Waals surface area (Å²) in [6, 6.07) is 46.9. The lowest BCUT2D eigenvalue weighted by molar-refractivity contribution is -0.384. The molecule has 0 unspecified atom stereocenters. The van der Waals surface area contributed by atoms with Crippen LogP contribution in [-0.4, -0.2) is 14.1 Å². The molecule has 2 aromatic heterocycles. The zero-order valence-electron chi connectivity index (χ0n) is 21.9. The maximum Gasteiger partial charge on any atom is 0.277 e. The summed E-state index contributed by atoms with van der Waals surface area (Å²) in [7, 11) is 0. The number of hydrogen-bond acceptors (Lipinski definition) is 2. The fourth-order valence-electron chi connectivity index (χ4n) is 6.29. The van der Waals surface area contributed by atoms with Crippen LogP contribution in [0.4, 0.5) is 5.69 Å². The van der Waals surface area contributed by atoms with Gasteiger partial charge >= 0.3 is 0 Å². The van der Waals surface area contributed by atoms with Crippen LogP contribution in [0.25, 0.3) is 66.1 Å². The number of benzene rings is 6. The van der Waals surface area contributed by atoms with Crippen LogP contribution in [0.15, 0.2) is 140 Å². The first-order valence-electron chi connectivity index (χ1n) is 13.5. The van der Waals surface area contributed by atoms with Gasteiger partial charge in [0.15, 0.2) is 0 Å². The number of fused-ring (bicyclic) bond motifs is 6. The molecule has 8 aromatic rings. The second-order valence-corrected chi connectivity index (χ2v) is 10.3. The van der Waals surface area contributed by atoms with Crippen molar-refractivity contribution >= 4 is 49.3 Å². The Bertz CT molecular complexity index is 2070. The topological polar surface area (TPSA) is 53.0 Å². The van der Waals surface area contributed by atoms with E-state index in [0.717, 1.165) is 60.5 Å². The summed E-state index contributed by atoms with van der Waals surface area (Å²) < 4.78 is 4.53. The predicted molar refractivity (Wildman–Crippen MR) is 167 cm³/mol. The van der Waals surface area contributed by atoms with Gasteiger partial charge in [-0.2, -0.15) is 0 Å².